The molecule has 0 N–H and O–H groups in total. The van der Waals surface area contributed by atoms with E-state index in [1.54, 1.807) is 0 Å². The maximum atomic E-state index is 4.05. The summed E-state index contributed by atoms with van der Waals surface area (Å²) in [4.78, 5) is 0. The van der Waals surface area contributed by atoms with Crippen molar-refractivity contribution in [2.45, 2.75) is 33.1 Å². The lowest BCUT2D eigenvalue weighted by Gasteiger charge is -2.23. The van der Waals surface area contributed by atoms with E-state index in [4.69, 9.17) is 0 Å². The Labute approximate surface area is 140 Å². The van der Waals surface area contributed by atoms with Gasteiger partial charge in [0.25, 0.3) is 0 Å². The normalized spacial score (nSPS) is 17.1. The van der Waals surface area contributed by atoms with Gasteiger partial charge in [0.1, 0.15) is 0 Å². The van der Waals surface area contributed by atoms with Crippen LogP contribution in [0.5, 0.6) is 0 Å². The molecule has 1 aliphatic carbocycles. The summed E-state index contributed by atoms with van der Waals surface area (Å²) in [5.74, 6) is 0. The van der Waals surface area contributed by atoms with Crippen molar-refractivity contribution in [2.75, 3.05) is 0 Å². The van der Waals surface area contributed by atoms with Crippen LogP contribution < -0.4 is 0 Å². The van der Waals surface area contributed by atoms with Crippen LogP contribution in [-0.4, -0.2) is 0 Å². The van der Waals surface area contributed by atoms with Gasteiger partial charge in [-0.05, 0) is 53.3 Å². The lowest BCUT2D eigenvalue weighted by molar-refractivity contribution is 0.654. The molecular formula is C23H26. The Morgan fingerprint density at radius 1 is 1.09 bits per heavy atom. The molecule has 0 amide bonds. The molecule has 118 valence electrons. The average Bonchev–Trinajstić information content (AvgIpc) is 2.74. The van der Waals surface area contributed by atoms with Gasteiger partial charge in [-0.1, -0.05) is 81.7 Å². The highest BCUT2D eigenvalue weighted by Gasteiger charge is 2.35. The van der Waals surface area contributed by atoms with Crippen molar-refractivity contribution < 1.29 is 0 Å². The molecule has 0 saturated heterocycles. The molecule has 0 heteroatoms. The van der Waals surface area contributed by atoms with E-state index in [2.05, 4.69) is 76.4 Å². The highest BCUT2D eigenvalue weighted by atomic mass is 14.4. The first kappa shape index (κ1) is 17.0. The van der Waals surface area contributed by atoms with Crippen LogP contribution in [0.3, 0.4) is 0 Å². The van der Waals surface area contributed by atoms with Gasteiger partial charge in [-0.3, -0.25) is 0 Å². The fraction of sp³-hybridized carbons (Fsp3) is 0.217. The van der Waals surface area contributed by atoms with Crippen LogP contribution in [0.4, 0.5) is 0 Å². The van der Waals surface area contributed by atoms with Crippen LogP contribution in [0.2, 0.25) is 0 Å². The van der Waals surface area contributed by atoms with Crippen LogP contribution in [-0.2, 0) is 5.41 Å². The molecule has 0 unspecified atom stereocenters. The summed E-state index contributed by atoms with van der Waals surface area (Å²) in [7, 11) is 0. The lowest BCUT2D eigenvalue weighted by Crippen LogP contribution is -2.16. The highest BCUT2D eigenvalue weighted by Crippen LogP contribution is 2.47. The zero-order chi connectivity index (χ0) is 17.0. The minimum absolute atomic E-state index is 0.00675. The van der Waals surface area contributed by atoms with Gasteiger partial charge in [0, 0.05) is 5.41 Å². The Morgan fingerprint density at radius 2 is 1.83 bits per heavy atom. The summed E-state index contributed by atoms with van der Waals surface area (Å²) < 4.78 is 0. The van der Waals surface area contributed by atoms with Crippen LogP contribution in [0, 0.1) is 0 Å². The molecule has 0 atom stereocenters. The van der Waals surface area contributed by atoms with Crippen molar-refractivity contribution in [3.05, 3.63) is 96.2 Å². The van der Waals surface area contributed by atoms with Gasteiger partial charge in [0.05, 0.1) is 0 Å². The predicted molar refractivity (Wildman–Crippen MR) is 104 cm³/mol. The second-order valence-electron chi connectivity index (χ2n) is 6.27. The number of benzene rings is 1. The van der Waals surface area contributed by atoms with Gasteiger partial charge in [0.2, 0.25) is 0 Å². The molecule has 1 aromatic rings. The largest absolute Gasteiger partial charge is 0.0990 e. The molecule has 0 heterocycles. The number of rotatable bonds is 5. The molecule has 0 radical (unpaired) electrons. The minimum Gasteiger partial charge on any atom is -0.0990 e. The molecule has 2 rings (SSSR count). The second-order valence-corrected chi connectivity index (χ2v) is 6.27. The van der Waals surface area contributed by atoms with E-state index in [9.17, 15) is 0 Å². The molecule has 1 aromatic carbocycles. The Balaban J connectivity index is 2.70. The molecule has 0 fully saturated rings. The molecule has 0 spiro atoms. The van der Waals surface area contributed by atoms with Crippen molar-refractivity contribution in [1.82, 2.24) is 0 Å². The Morgan fingerprint density at radius 3 is 2.39 bits per heavy atom. The van der Waals surface area contributed by atoms with Gasteiger partial charge in [-0.25, -0.2) is 0 Å². The molecular weight excluding hydrogens is 276 g/mol. The topological polar surface area (TPSA) is 0 Å². The van der Waals surface area contributed by atoms with Gasteiger partial charge >= 0.3 is 0 Å². The monoisotopic (exact) mass is 302 g/mol. The van der Waals surface area contributed by atoms with E-state index in [0.29, 0.717) is 0 Å². The number of fused-ring (bicyclic) bond motifs is 1. The summed E-state index contributed by atoms with van der Waals surface area (Å²) in [6, 6.07) is 6.74. The summed E-state index contributed by atoms with van der Waals surface area (Å²) in [6.45, 7) is 16.5. The standard InChI is InChI=1S/C23H26/c1-7-11-17(12-8-2)18-14-15-22-20(16-18)19(10-4)21(13-9-3)23(22,5)6/h7-16H,1,4H2,2-3,5-6H3/b12-8-,13-9-,17-11+. The molecule has 0 aliphatic heterocycles. The van der Waals surface area contributed by atoms with E-state index < -0.39 is 0 Å². The molecule has 0 saturated carbocycles. The lowest BCUT2D eigenvalue weighted by atomic mass is 9.80. The smallest absolute Gasteiger partial charge is 0.0158 e. The Kier molecular flexibility index (Phi) is 5.05. The van der Waals surface area contributed by atoms with E-state index >= 15 is 0 Å². The molecule has 1 aliphatic rings. The van der Waals surface area contributed by atoms with E-state index in [-0.39, 0.29) is 5.41 Å². The molecule has 23 heavy (non-hydrogen) atoms. The summed E-state index contributed by atoms with van der Waals surface area (Å²) >= 11 is 0. The van der Waals surface area contributed by atoms with E-state index in [1.165, 1.54) is 33.4 Å². The predicted octanol–water partition coefficient (Wildman–Crippen LogP) is 6.64. The fourth-order valence-corrected chi connectivity index (χ4v) is 3.36. The summed E-state index contributed by atoms with van der Waals surface area (Å²) in [6.07, 6.45) is 14.4. The van der Waals surface area contributed by atoms with Crippen LogP contribution >= 0.6 is 0 Å². The number of allylic oxidation sites excluding steroid dienone is 10. The molecule has 0 aromatic heterocycles. The molecule has 0 nitrogen and oxygen atoms in total. The third kappa shape index (κ3) is 2.94. The maximum Gasteiger partial charge on any atom is 0.0158 e. The highest BCUT2D eigenvalue weighted by molar-refractivity contribution is 5.89. The Hall–Kier alpha value is -2.34. The van der Waals surface area contributed by atoms with Crippen molar-refractivity contribution >= 4 is 11.1 Å². The van der Waals surface area contributed by atoms with E-state index in [1.807, 2.05) is 25.2 Å². The maximum absolute atomic E-state index is 4.05. The van der Waals surface area contributed by atoms with Crippen molar-refractivity contribution in [2.24, 2.45) is 0 Å². The fourth-order valence-electron chi connectivity index (χ4n) is 3.36. The summed E-state index contributed by atoms with van der Waals surface area (Å²) in [5, 5.41) is 0. The Bertz CT molecular complexity index is 746. The van der Waals surface area contributed by atoms with Gasteiger partial charge in [-0.2, -0.15) is 0 Å². The van der Waals surface area contributed by atoms with E-state index in [0.717, 1.165) is 0 Å². The van der Waals surface area contributed by atoms with Crippen molar-refractivity contribution in [3.63, 3.8) is 0 Å². The first-order valence-corrected chi connectivity index (χ1v) is 8.11. The first-order chi connectivity index (χ1) is 11.0. The van der Waals surface area contributed by atoms with Crippen LogP contribution in [0.1, 0.15) is 44.4 Å². The number of hydrogen-bond acceptors (Lipinski definition) is 0. The third-order valence-corrected chi connectivity index (χ3v) is 4.46. The first-order valence-electron chi connectivity index (χ1n) is 8.11. The average molecular weight is 302 g/mol. The van der Waals surface area contributed by atoms with Gasteiger partial charge < -0.3 is 0 Å². The minimum atomic E-state index is 0.00675. The van der Waals surface area contributed by atoms with Crippen molar-refractivity contribution in [3.8, 4) is 0 Å². The third-order valence-electron chi connectivity index (χ3n) is 4.46. The molecule has 0 bridgehead atoms. The quantitative estimate of drug-likeness (QED) is 0.535. The van der Waals surface area contributed by atoms with Gasteiger partial charge in [0.15, 0.2) is 0 Å². The summed E-state index contributed by atoms with van der Waals surface area (Å²) in [5.41, 5.74) is 7.61. The number of hydrogen-bond donors (Lipinski definition) is 0. The SMILES string of the molecule is C=C/C=C(\C=C/C)c1ccc2c(c1)C(C=C)=C(/C=C\C)C2(C)C. The van der Waals surface area contributed by atoms with Crippen LogP contribution in [0.15, 0.2) is 79.5 Å². The zero-order valence-corrected chi connectivity index (χ0v) is 14.7. The zero-order valence-electron chi connectivity index (χ0n) is 14.7. The second kappa shape index (κ2) is 6.83. The van der Waals surface area contributed by atoms with Crippen molar-refractivity contribution in [1.29, 1.82) is 0 Å². The van der Waals surface area contributed by atoms with Gasteiger partial charge in [-0.15, -0.1) is 0 Å². The van der Waals surface area contributed by atoms with Crippen LogP contribution in [0.25, 0.3) is 11.1 Å².